The van der Waals surface area contributed by atoms with Crippen molar-refractivity contribution in [1.29, 1.82) is 0 Å². The minimum atomic E-state index is -4.64. The van der Waals surface area contributed by atoms with Crippen LogP contribution < -0.4 is 10.1 Å². The van der Waals surface area contributed by atoms with Gasteiger partial charge in [0.15, 0.2) is 6.10 Å². The lowest BCUT2D eigenvalue weighted by Crippen LogP contribution is -2.31. The predicted molar refractivity (Wildman–Crippen MR) is 54.4 cm³/mol. The van der Waals surface area contributed by atoms with E-state index in [0.717, 1.165) is 13.1 Å². The van der Waals surface area contributed by atoms with Crippen molar-refractivity contribution >= 4 is 11.6 Å². The highest BCUT2D eigenvalue weighted by molar-refractivity contribution is 5.43. The van der Waals surface area contributed by atoms with Crippen molar-refractivity contribution in [2.75, 3.05) is 12.4 Å². The van der Waals surface area contributed by atoms with Crippen LogP contribution in [0.5, 0.6) is 5.88 Å². The molecule has 100 valence electrons. The normalized spacial score (nSPS) is 12.9. The van der Waals surface area contributed by atoms with Crippen LogP contribution in [0.25, 0.3) is 0 Å². The molecule has 1 atom stereocenters. The molecule has 18 heavy (non-hydrogen) atoms. The standard InChI is InChI=1S/C8H9F3N4O3/c1-4(8(9,10)11)18-6-5(15(16)17)3-13-7(12-2)14-6/h3-4H,1-2H3,(H,12,13,14). The molecule has 0 spiro atoms. The largest absolute Gasteiger partial charge is 0.460 e. The molecule has 0 aliphatic heterocycles. The third-order valence-corrected chi connectivity index (χ3v) is 1.91. The first-order valence-electron chi connectivity index (χ1n) is 4.68. The molecule has 1 unspecified atom stereocenters. The van der Waals surface area contributed by atoms with E-state index in [0.29, 0.717) is 0 Å². The number of hydrogen-bond acceptors (Lipinski definition) is 6. The van der Waals surface area contributed by atoms with E-state index in [1.54, 1.807) is 0 Å². The van der Waals surface area contributed by atoms with E-state index < -0.39 is 28.8 Å². The lowest BCUT2D eigenvalue weighted by Gasteiger charge is -2.16. The molecule has 0 saturated heterocycles. The van der Waals surface area contributed by atoms with E-state index in [1.807, 2.05) is 0 Å². The summed E-state index contributed by atoms with van der Waals surface area (Å²) in [4.78, 5) is 16.7. The Kier molecular flexibility index (Phi) is 3.89. The Morgan fingerprint density at radius 1 is 1.56 bits per heavy atom. The highest BCUT2D eigenvalue weighted by Crippen LogP contribution is 2.29. The van der Waals surface area contributed by atoms with Crippen LogP contribution in [-0.4, -0.2) is 34.2 Å². The third kappa shape index (κ3) is 3.18. The zero-order valence-electron chi connectivity index (χ0n) is 9.35. The number of nitrogens with one attached hydrogen (secondary N) is 1. The Morgan fingerprint density at radius 3 is 2.61 bits per heavy atom. The summed E-state index contributed by atoms with van der Waals surface area (Å²) in [5.74, 6) is -0.811. The molecule has 0 saturated carbocycles. The first-order valence-corrected chi connectivity index (χ1v) is 4.68. The number of aromatic nitrogens is 2. The quantitative estimate of drug-likeness (QED) is 0.659. The molecule has 7 nitrogen and oxygen atoms in total. The first-order chi connectivity index (χ1) is 8.25. The summed E-state index contributed by atoms with van der Waals surface area (Å²) < 4.78 is 41.3. The van der Waals surface area contributed by atoms with Crippen LogP contribution in [-0.2, 0) is 0 Å². The molecule has 0 aliphatic carbocycles. The van der Waals surface area contributed by atoms with Crippen LogP contribution in [0.3, 0.4) is 0 Å². The van der Waals surface area contributed by atoms with Crippen molar-refractivity contribution < 1.29 is 22.8 Å². The summed E-state index contributed by atoms with van der Waals surface area (Å²) in [6.07, 6.45) is -6.08. The van der Waals surface area contributed by atoms with Crippen LogP contribution in [0.4, 0.5) is 24.8 Å². The van der Waals surface area contributed by atoms with Crippen molar-refractivity contribution in [3.05, 3.63) is 16.3 Å². The third-order valence-electron chi connectivity index (χ3n) is 1.91. The predicted octanol–water partition coefficient (Wildman–Crippen LogP) is 1.76. The lowest BCUT2D eigenvalue weighted by molar-refractivity contribution is -0.387. The van der Waals surface area contributed by atoms with Crippen molar-refractivity contribution in [3.8, 4) is 5.88 Å². The average molecular weight is 266 g/mol. The second kappa shape index (κ2) is 5.02. The zero-order chi connectivity index (χ0) is 13.9. The van der Waals surface area contributed by atoms with Gasteiger partial charge in [0.2, 0.25) is 5.95 Å². The Morgan fingerprint density at radius 2 is 2.17 bits per heavy atom. The topological polar surface area (TPSA) is 90.2 Å². The Labute approximate surface area is 99.1 Å². The van der Waals surface area contributed by atoms with Crippen molar-refractivity contribution in [2.24, 2.45) is 0 Å². The molecule has 1 heterocycles. The van der Waals surface area contributed by atoms with Crippen LogP contribution in [0.15, 0.2) is 6.20 Å². The van der Waals surface area contributed by atoms with Gasteiger partial charge in [-0.2, -0.15) is 18.2 Å². The van der Waals surface area contributed by atoms with E-state index in [4.69, 9.17) is 0 Å². The summed E-state index contributed by atoms with van der Waals surface area (Å²) in [6, 6.07) is 0. The van der Waals surface area contributed by atoms with E-state index >= 15 is 0 Å². The minimum absolute atomic E-state index is 0.0787. The summed E-state index contributed by atoms with van der Waals surface area (Å²) in [7, 11) is 1.41. The molecular formula is C8H9F3N4O3. The highest BCUT2D eigenvalue weighted by atomic mass is 19.4. The van der Waals surface area contributed by atoms with Gasteiger partial charge in [0.1, 0.15) is 6.20 Å². The summed E-state index contributed by atoms with van der Waals surface area (Å²) >= 11 is 0. The molecule has 1 rings (SSSR count). The zero-order valence-corrected chi connectivity index (χ0v) is 9.35. The van der Waals surface area contributed by atoms with Crippen molar-refractivity contribution in [1.82, 2.24) is 9.97 Å². The van der Waals surface area contributed by atoms with Crippen molar-refractivity contribution in [3.63, 3.8) is 0 Å². The van der Waals surface area contributed by atoms with Gasteiger partial charge in [-0.25, -0.2) is 4.98 Å². The first kappa shape index (κ1) is 13.9. The summed E-state index contributed by atoms with van der Waals surface area (Å²) in [5, 5.41) is 13.0. The van der Waals surface area contributed by atoms with Gasteiger partial charge in [-0.3, -0.25) is 10.1 Å². The fraction of sp³-hybridized carbons (Fsp3) is 0.500. The number of halogens is 3. The molecule has 1 aromatic heterocycles. The monoisotopic (exact) mass is 266 g/mol. The minimum Gasteiger partial charge on any atom is -0.460 e. The molecule has 0 bridgehead atoms. The van der Waals surface area contributed by atoms with Gasteiger partial charge in [-0.1, -0.05) is 0 Å². The molecular weight excluding hydrogens is 257 g/mol. The summed E-state index contributed by atoms with van der Waals surface area (Å²) in [5.41, 5.74) is -0.731. The molecule has 0 radical (unpaired) electrons. The van der Waals surface area contributed by atoms with Gasteiger partial charge in [0.05, 0.1) is 4.92 Å². The fourth-order valence-electron chi connectivity index (χ4n) is 0.927. The number of anilines is 1. The molecule has 0 amide bonds. The fourth-order valence-corrected chi connectivity index (χ4v) is 0.927. The van der Waals surface area contributed by atoms with Gasteiger partial charge in [-0.15, -0.1) is 0 Å². The highest BCUT2D eigenvalue weighted by Gasteiger charge is 2.39. The number of ether oxygens (including phenoxy) is 1. The second-order valence-corrected chi connectivity index (χ2v) is 3.19. The van der Waals surface area contributed by atoms with E-state index in [9.17, 15) is 23.3 Å². The molecule has 0 aromatic carbocycles. The number of nitrogens with zero attached hydrogens (tertiary/aromatic N) is 3. The van der Waals surface area contributed by atoms with Gasteiger partial charge >= 0.3 is 11.9 Å². The molecule has 1 aromatic rings. The maximum atomic E-state index is 12.3. The second-order valence-electron chi connectivity index (χ2n) is 3.19. The Balaban J connectivity index is 3.08. The van der Waals surface area contributed by atoms with E-state index in [-0.39, 0.29) is 5.95 Å². The van der Waals surface area contributed by atoms with Crippen LogP contribution >= 0.6 is 0 Å². The molecule has 10 heteroatoms. The van der Waals surface area contributed by atoms with Crippen LogP contribution in [0, 0.1) is 10.1 Å². The summed E-state index contributed by atoms with van der Waals surface area (Å²) in [6.45, 7) is 0.727. The maximum absolute atomic E-state index is 12.3. The average Bonchev–Trinajstić information content (AvgIpc) is 2.27. The number of rotatable bonds is 4. The number of nitro groups is 1. The van der Waals surface area contributed by atoms with Crippen LogP contribution in [0.2, 0.25) is 0 Å². The van der Waals surface area contributed by atoms with Gasteiger partial charge in [-0.05, 0) is 6.92 Å². The van der Waals surface area contributed by atoms with Crippen molar-refractivity contribution in [2.45, 2.75) is 19.2 Å². The van der Waals surface area contributed by atoms with E-state index in [1.165, 1.54) is 7.05 Å². The number of hydrogen-bond donors (Lipinski definition) is 1. The lowest BCUT2D eigenvalue weighted by atomic mass is 10.4. The molecule has 1 N–H and O–H groups in total. The van der Waals surface area contributed by atoms with E-state index in [2.05, 4.69) is 20.0 Å². The van der Waals surface area contributed by atoms with Gasteiger partial charge in [0.25, 0.3) is 5.88 Å². The smallest absolute Gasteiger partial charge is 0.425 e. The Bertz CT molecular complexity index is 452. The van der Waals surface area contributed by atoms with Gasteiger partial charge < -0.3 is 10.1 Å². The molecule has 0 aliphatic rings. The number of alkyl halides is 3. The van der Waals surface area contributed by atoms with Gasteiger partial charge in [0, 0.05) is 7.05 Å². The van der Waals surface area contributed by atoms with Crippen LogP contribution in [0.1, 0.15) is 6.92 Å². The Hall–Kier alpha value is -2.13. The molecule has 0 fully saturated rings. The SMILES string of the molecule is CNc1ncc([N+](=O)[O-])c(OC(C)C(F)(F)F)n1. The maximum Gasteiger partial charge on any atom is 0.425 e.